The van der Waals surface area contributed by atoms with Gasteiger partial charge in [0.15, 0.2) is 5.96 Å². The summed E-state index contributed by atoms with van der Waals surface area (Å²) in [5.74, 6) is 3.81. The first-order valence-corrected chi connectivity index (χ1v) is 6.86. The summed E-state index contributed by atoms with van der Waals surface area (Å²) in [7, 11) is 0. The quantitative estimate of drug-likeness (QED) is 0.351. The molecule has 0 aliphatic heterocycles. The van der Waals surface area contributed by atoms with E-state index >= 15 is 0 Å². The van der Waals surface area contributed by atoms with Gasteiger partial charge in [0.25, 0.3) is 0 Å². The third kappa shape index (κ3) is 4.88. The molecule has 1 aliphatic rings. The van der Waals surface area contributed by atoms with Crippen molar-refractivity contribution < 1.29 is 0 Å². The van der Waals surface area contributed by atoms with Gasteiger partial charge in [0.05, 0.1) is 0 Å². The standard InChI is InChI=1S/C15H18ClN3.HI/c1-3-8-18-15(17-4-2)19-14-10-13(14)11-6-5-7-12(16)9-11;/h1,5-7,9,13-14H,4,8,10H2,2H3,(H2,17,18,19);1H. The van der Waals surface area contributed by atoms with E-state index in [1.54, 1.807) is 0 Å². The lowest BCUT2D eigenvalue weighted by atomic mass is 10.1. The molecule has 1 aromatic carbocycles. The zero-order valence-electron chi connectivity index (χ0n) is 11.4. The molecule has 0 heterocycles. The average Bonchev–Trinajstić information content (AvgIpc) is 3.15. The van der Waals surface area contributed by atoms with Crippen LogP contribution in [0, 0.1) is 12.3 Å². The predicted molar refractivity (Wildman–Crippen MR) is 96.0 cm³/mol. The van der Waals surface area contributed by atoms with Crippen LogP contribution in [0.25, 0.3) is 0 Å². The highest BCUT2D eigenvalue weighted by Crippen LogP contribution is 2.41. The van der Waals surface area contributed by atoms with Gasteiger partial charge in [-0.15, -0.1) is 30.4 Å². The second-order valence-electron chi connectivity index (χ2n) is 4.55. The van der Waals surface area contributed by atoms with Crippen LogP contribution in [0.2, 0.25) is 5.02 Å². The molecule has 2 unspecified atom stereocenters. The summed E-state index contributed by atoms with van der Waals surface area (Å²) in [6.07, 6.45) is 6.33. The highest BCUT2D eigenvalue weighted by molar-refractivity contribution is 14.0. The van der Waals surface area contributed by atoms with E-state index in [1.807, 2.05) is 25.1 Å². The van der Waals surface area contributed by atoms with Gasteiger partial charge in [0.1, 0.15) is 6.54 Å². The van der Waals surface area contributed by atoms with Crippen LogP contribution in [0.3, 0.4) is 0 Å². The molecule has 2 atom stereocenters. The zero-order chi connectivity index (χ0) is 13.7. The first-order valence-electron chi connectivity index (χ1n) is 6.48. The Morgan fingerprint density at radius 1 is 1.55 bits per heavy atom. The fourth-order valence-corrected chi connectivity index (χ4v) is 2.28. The van der Waals surface area contributed by atoms with E-state index in [9.17, 15) is 0 Å². The maximum absolute atomic E-state index is 6.01. The number of rotatable bonds is 4. The normalized spacial score (nSPS) is 20.6. The van der Waals surface area contributed by atoms with Gasteiger partial charge < -0.3 is 10.6 Å². The van der Waals surface area contributed by atoms with E-state index in [1.165, 1.54) is 5.56 Å². The van der Waals surface area contributed by atoms with Gasteiger partial charge in [-0.1, -0.05) is 29.7 Å². The molecule has 0 saturated heterocycles. The molecule has 0 bridgehead atoms. The van der Waals surface area contributed by atoms with E-state index in [0.29, 0.717) is 18.5 Å². The lowest BCUT2D eigenvalue weighted by Gasteiger charge is -2.10. The van der Waals surface area contributed by atoms with Crippen LogP contribution < -0.4 is 10.6 Å². The van der Waals surface area contributed by atoms with Gasteiger partial charge >= 0.3 is 0 Å². The molecule has 1 saturated carbocycles. The second-order valence-corrected chi connectivity index (χ2v) is 4.98. The highest BCUT2D eigenvalue weighted by Gasteiger charge is 2.39. The van der Waals surface area contributed by atoms with Crippen molar-refractivity contribution in [3.05, 3.63) is 34.9 Å². The third-order valence-electron chi connectivity index (χ3n) is 3.06. The van der Waals surface area contributed by atoms with Crippen LogP contribution in [-0.4, -0.2) is 25.1 Å². The highest BCUT2D eigenvalue weighted by atomic mass is 127. The molecule has 0 aromatic heterocycles. The summed E-state index contributed by atoms with van der Waals surface area (Å²) in [4.78, 5) is 4.29. The van der Waals surface area contributed by atoms with Crippen LogP contribution >= 0.6 is 35.6 Å². The van der Waals surface area contributed by atoms with Gasteiger partial charge in [-0.05, 0) is 31.0 Å². The molecule has 1 aromatic rings. The Hall–Kier alpha value is -0.930. The maximum Gasteiger partial charge on any atom is 0.192 e. The topological polar surface area (TPSA) is 36.4 Å². The minimum atomic E-state index is 0. The lowest BCUT2D eigenvalue weighted by molar-refractivity contribution is 0.803. The maximum atomic E-state index is 6.01. The number of nitrogens with zero attached hydrogens (tertiary/aromatic N) is 1. The van der Waals surface area contributed by atoms with E-state index < -0.39 is 0 Å². The van der Waals surface area contributed by atoms with Crippen molar-refractivity contribution in [2.75, 3.05) is 13.1 Å². The van der Waals surface area contributed by atoms with E-state index in [0.717, 1.165) is 23.9 Å². The minimum absolute atomic E-state index is 0. The number of hydrogen-bond donors (Lipinski definition) is 2. The number of terminal acetylenes is 1. The fraction of sp³-hybridized carbons (Fsp3) is 0.400. The number of nitrogens with one attached hydrogen (secondary N) is 2. The summed E-state index contributed by atoms with van der Waals surface area (Å²) in [5.41, 5.74) is 1.28. The molecule has 0 spiro atoms. The molecule has 108 valence electrons. The summed E-state index contributed by atoms with van der Waals surface area (Å²) in [5, 5.41) is 7.37. The van der Waals surface area contributed by atoms with Crippen LogP contribution in [-0.2, 0) is 0 Å². The van der Waals surface area contributed by atoms with Crippen LogP contribution in [0.4, 0.5) is 0 Å². The first kappa shape index (κ1) is 17.1. The smallest absolute Gasteiger partial charge is 0.192 e. The van der Waals surface area contributed by atoms with Crippen molar-refractivity contribution in [3.8, 4) is 12.3 Å². The van der Waals surface area contributed by atoms with Crippen molar-refractivity contribution in [2.45, 2.75) is 25.3 Å². The Labute approximate surface area is 142 Å². The molecular weight excluding hydrogens is 385 g/mol. The number of aliphatic imine (C=N–C) groups is 1. The van der Waals surface area contributed by atoms with Crippen LogP contribution in [0.15, 0.2) is 29.3 Å². The Morgan fingerprint density at radius 3 is 3.00 bits per heavy atom. The average molecular weight is 404 g/mol. The fourth-order valence-electron chi connectivity index (χ4n) is 2.08. The molecule has 0 radical (unpaired) electrons. The Balaban J connectivity index is 0.00000200. The van der Waals surface area contributed by atoms with Gasteiger partial charge in [-0.3, -0.25) is 0 Å². The van der Waals surface area contributed by atoms with Gasteiger partial charge in [0.2, 0.25) is 0 Å². The van der Waals surface area contributed by atoms with Crippen LogP contribution in [0.5, 0.6) is 0 Å². The zero-order valence-corrected chi connectivity index (χ0v) is 14.5. The summed E-state index contributed by atoms with van der Waals surface area (Å²) in [6, 6.07) is 8.44. The molecular formula is C15H19ClIN3. The summed E-state index contributed by atoms with van der Waals surface area (Å²) >= 11 is 6.01. The van der Waals surface area contributed by atoms with Crippen molar-refractivity contribution in [1.29, 1.82) is 0 Å². The molecule has 1 aliphatic carbocycles. The summed E-state index contributed by atoms with van der Waals surface area (Å²) in [6.45, 7) is 3.25. The van der Waals surface area contributed by atoms with Gasteiger partial charge in [0, 0.05) is 23.5 Å². The van der Waals surface area contributed by atoms with Crippen LogP contribution in [0.1, 0.15) is 24.8 Å². The molecule has 2 N–H and O–H groups in total. The van der Waals surface area contributed by atoms with Gasteiger partial charge in [-0.25, -0.2) is 4.99 Å². The molecule has 2 rings (SSSR count). The molecule has 0 amide bonds. The monoisotopic (exact) mass is 403 g/mol. The summed E-state index contributed by atoms with van der Waals surface area (Å²) < 4.78 is 0. The molecule has 3 nitrogen and oxygen atoms in total. The van der Waals surface area contributed by atoms with E-state index in [2.05, 4.69) is 27.6 Å². The Morgan fingerprint density at radius 2 is 2.35 bits per heavy atom. The number of halogens is 2. The molecule has 5 heteroatoms. The second kappa shape index (κ2) is 8.38. The number of guanidine groups is 1. The van der Waals surface area contributed by atoms with Gasteiger partial charge in [-0.2, -0.15) is 0 Å². The van der Waals surface area contributed by atoms with E-state index in [-0.39, 0.29) is 24.0 Å². The predicted octanol–water partition coefficient (Wildman–Crippen LogP) is 3.00. The SMILES string of the molecule is C#CCN=C(NCC)NC1CC1c1cccc(Cl)c1.I. The molecule has 20 heavy (non-hydrogen) atoms. The minimum Gasteiger partial charge on any atom is -0.357 e. The van der Waals surface area contributed by atoms with E-state index in [4.69, 9.17) is 18.0 Å². The third-order valence-corrected chi connectivity index (χ3v) is 3.30. The van der Waals surface area contributed by atoms with Crippen molar-refractivity contribution in [2.24, 2.45) is 4.99 Å². The largest absolute Gasteiger partial charge is 0.357 e. The first-order chi connectivity index (χ1) is 9.24. The Kier molecular flexibility index (Phi) is 7.17. The Bertz CT molecular complexity index is 510. The molecule has 1 fully saturated rings. The number of hydrogen-bond acceptors (Lipinski definition) is 1. The lowest BCUT2D eigenvalue weighted by Crippen LogP contribution is -2.39. The van der Waals surface area contributed by atoms with Crippen molar-refractivity contribution >= 4 is 41.5 Å². The number of benzene rings is 1. The van der Waals surface area contributed by atoms with Crippen molar-refractivity contribution in [3.63, 3.8) is 0 Å². The van der Waals surface area contributed by atoms with Crippen molar-refractivity contribution in [1.82, 2.24) is 10.6 Å².